The van der Waals surface area contributed by atoms with E-state index in [9.17, 15) is 13.2 Å². The van der Waals surface area contributed by atoms with E-state index in [-0.39, 0.29) is 12.1 Å². The Morgan fingerprint density at radius 3 is 2.40 bits per heavy atom. The Bertz CT molecular complexity index is 984. The summed E-state index contributed by atoms with van der Waals surface area (Å²) in [5.74, 6) is 0. The molecule has 1 N–H and O–H groups in total. The first-order valence-corrected chi connectivity index (χ1v) is 12.0. The van der Waals surface area contributed by atoms with Gasteiger partial charge in [0.15, 0.2) is 0 Å². The first kappa shape index (κ1) is 22.3. The van der Waals surface area contributed by atoms with Crippen LogP contribution in [0.1, 0.15) is 32.8 Å². The molecule has 1 aliphatic rings. The molecule has 0 bridgehead atoms. The molecule has 0 aromatic heterocycles. The maximum atomic E-state index is 12.8. The molecule has 1 fully saturated rings. The summed E-state index contributed by atoms with van der Waals surface area (Å²) in [6.07, 6.45) is 1.82. The van der Waals surface area contributed by atoms with Crippen LogP contribution in [0.3, 0.4) is 0 Å². The van der Waals surface area contributed by atoms with Crippen molar-refractivity contribution >= 4 is 16.1 Å². The second-order valence-electron chi connectivity index (χ2n) is 8.80. The molecular formula is C23H30N2O4S. The van der Waals surface area contributed by atoms with E-state index in [4.69, 9.17) is 4.74 Å². The van der Waals surface area contributed by atoms with Gasteiger partial charge in [-0.15, -0.1) is 0 Å². The monoisotopic (exact) mass is 430 g/mol. The number of nitrogens with one attached hydrogen (secondary N) is 1. The average molecular weight is 431 g/mol. The minimum Gasteiger partial charge on any atom is -0.444 e. The number of amides is 1. The average Bonchev–Trinajstić information content (AvgIpc) is 3.02. The smallest absolute Gasteiger partial charge is 0.410 e. The largest absolute Gasteiger partial charge is 0.444 e. The summed E-state index contributed by atoms with van der Waals surface area (Å²) < 4.78 is 32.0. The summed E-state index contributed by atoms with van der Waals surface area (Å²) in [6, 6.07) is 17.5. The maximum Gasteiger partial charge on any atom is 0.410 e. The summed E-state index contributed by atoms with van der Waals surface area (Å²) in [5, 5.41) is 0. The minimum absolute atomic E-state index is 0.319. The SMILES string of the molecule is CC(C)(C)OC(=O)N1CCC(NS(C)(=O)=O)C1Cc1cccc(-c2ccccc2)c1. The van der Waals surface area contributed by atoms with Crippen molar-refractivity contribution in [1.29, 1.82) is 0 Å². The molecular weight excluding hydrogens is 400 g/mol. The molecule has 162 valence electrons. The van der Waals surface area contributed by atoms with Gasteiger partial charge in [-0.3, -0.25) is 0 Å². The van der Waals surface area contributed by atoms with Crippen LogP contribution >= 0.6 is 0 Å². The molecule has 1 saturated heterocycles. The Hall–Kier alpha value is -2.38. The molecule has 2 aromatic rings. The third-order valence-corrected chi connectivity index (χ3v) is 5.75. The highest BCUT2D eigenvalue weighted by atomic mass is 32.2. The normalized spacial score (nSPS) is 19.7. The van der Waals surface area contributed by atoms with Crippen molar-refractivity contribution in [3.63, 3.8) is 0 Å². The van der Waals surface area contributed by atoms with Gasteiger partial charge in [0, 0.05) is 12.6 Å². The maximum absolute atomic E-state index is 12.8. The molecule has 0 aliphatic carbocycles. The number of rotatable bonds is 5. The summed E-state index contributed by atoms with van der Waals surface area (Å²) in [6.45, 7) is 5.92. The molecule has 6 nitrogen and oxygen atoms in total. The fourth-order valence-electron chi connectivity index (χ4n) is 3.82. The molecule has 0 spiro atoms. The Balaban J connectivity index is 1.86. The van der Waals surface area contributed by atoms with Crippen LogP contribution in [0.25, 0.3) is 11.1 Å². The van der Waals surface area contributed by atoms with Gasteiger partial charge in [-0.2, -0.15) is 0 Å². The Morgan fingerprint density at radius 1 is 1.10 bits per heavy atom. The third-order valence-electron chi connectivity index (χ3n) is 5.02. The summed E-state index contributed by atoms with van der Waals surface area (Å²) in [7, 11) is -3.40. The van der Waals surface area contributed by atoms with Crippen molar-refractivity contribution < 1.29 is 17.9 Å². The van der Waals surface area contributed by atoms with Gasteiger partial charge < -0.3 is 9.64 Å². The Labute approximate surface area is 179 Å². The molecule has 1 amide bonds. The predicted octanol–water partition coefficient (Wildman–Crippen LogP) is 3.82. The number of benzene rings is 2. The minimum atomic E-state index is -3.40. The van der Waals surface area contributed by atoms with Crippen molar-refractivity contribution in [2.24, 2.45) is 0 Å². The lowest BCUT2D eigenvalue weighted by Crippen LogP contribution is -2.48. The van der Waals surface area contributed by atoms with E-state index >= 15 is 0 Å². The third kappa shape index (κ3) is 6.06. The number of nitrogens with zero attached hydrogens (tertiary/aromatic N) is 1. The van der Waals surface area contributed by atoms with Gasteiger partial charge in [-0.05, 0) is 50.3 Å². The highest BCUT2D eigenvalue weighted by Crippen LogP contribution is 2.27. The lowest BCUT2D eigenvalue weighted by molar-refractivity contribution is 0.0218. The van der Waals surface area contributed by atoms with Gasteiger partial charge in [0.2, 0.25) is 10.0 Å². The molecule has 3 rings (SSSR count). The lowest BCUT2D eigenvalue weighted by Gasteiger charge is -2.31. The second-order valence-corrected chi connectivity index (χ2v) is 10.6. The van der Waals surface area contributed by atoms with E-state index in [1.807, 2.05) is 57.2 Å². The van der Waals surface area contributed by atoms with Gasteiger partial charge in [0.05, 0.1) is 12.3 Å². The van der Waals surface area contributed by atoms with Crippen LogP contribution in [0.2, 0.25) is 0 Å². The predicted molar refractivity (Wildman–Crippen MR) is 119 cm³/mol. The number of likely N-dealkylation sites (tertiary alicyclic amines) is 1. The van der Waals surface area contributed by atoms with Gasteiger partial charge in [-0.1, -0.05) is 54.6 Å². The van der Waals surface area contributed by atoms with Crippen LogP contribution in [0.15, 0.2) is 54.6 Å². The van der Waals surface area contributed by atoms with Crippen LogP contribution in [0, 0.1) is 0 Å². The number of hydrogen-bond acceptors (Lipinski definition) is 4. The number of carbonyl (C=O) groups is 1. The summed E-state index contributed by atoms with van der Waals surface area (Å²) in [5.41, 5.74) is 2.62. The van der Waals surface area contributed by atoms with E-state index in [1.54, 1.807) is 4.90 Å². The van der Waals surface area contributed by atoms with E-state index in [0.29, 0.717) is 19.4 Å². The standard InChI is InChI=1S/C23H30N2O4S/c1-23(2,3)29-22(26)25-14-13-20(24-30(4,27)28)21(25)16-17-9-8-12-19(15-17)18-10-6-5-7-11-18/h5-12,15,20-21,24H,13-14,16H2,1-4H3. The molecule has 0 radical (unpaired) electrons. The van der Waals surface area contributed by atoms with Crippen molar-refractivity contribution in [2.75, 3.05) is 12.8 Å². The lowest BCUT2D eigenvalue weighted by atomic mass is 9.97. The van der Waals surface area contributed by atoms with Crippen LogP contribution in [-0.4, -0.2) is 49.9 Å². The Kier molecular flexibility index (Phi) is 6.53. The van der Waals surface area contributed by atoms with E-state index in [2.05, 4.69) is 22.9 Å². The topological polar surface area (TPSA) is 75.7 Å². The fraction of sp³-hybridized carbons (Fsp3) is 0.435. The van der Waals surface area contributed by atoms with Crippen molar-refractivity contribution in [1.82, 2.24) is 9.62 Å². The van der Waals surface area contributed by atoms with Gasteiger partial charge in [-0.25, -0.2) is 17.9 Å². The number of ether oxygens (including phenoxy) is 1. The number of hydrogen-bond donors (Lipinski definition) is 1. The van der Waals surface area contributed by atoms with Crippen LogP contribution < -0.4 is 4.72 Å². The highest BCUT2D eigenvalue weighted by molar-refractivity contribution is 7.88. The van der Waals surface area contributed by atoms with Gasteiger partial charge in [0.1, 0.15) is 5.60 Å². The number of carbonyl (C=O) groups excluding carboxylic acids is 1. The first-order chi connectivity index (χ1) is 14.0. The summed E-state index contributed by atoms with van der Waals surface area (Å²) >= 11 is 0. The van der Waals surface area contributed by atoms with Crippen molar-refractivity contribution in [3.8, 4) is 11.1 Å². The quantitative estimate of drug-likeness (QED) is 0.782. The zero-order valence-electron chi connectivity index (χ0n) is 18.0. The van der Waals surface area contributed by atoms with E-state index in [1.165, 1.54) is 0 Å². The van der Waals surface area contributed by atoms with E-state index in [0.717, 1.165) is 22.9 Å². The van der Waals surface area contributed by atoms with Gasteiger partial charge >= 0.3 is 6.09 Å². The molecule has 30 heavy (non-hydrogen) atoms. The van der Waals surface area contributed by atoms with Crippen LogP contribution in [0.5, 0.6) is 0 Å². The molecule has 7 heteroatoms. The second kappa shape index (κ2) is 8.78. The molecule has 1 heterocycles. The van der Waals surface area contributed by atoms with Gasteiger partial charge in [0.25, 0.3) is 0 Å². The molecule has 2 aromatic carbocycles. The molecule has 2 unspecified atom stereocenters. The number of sulfonamides is 1. The van der Waals surface area contributed by atoms with Crippen LogP contribution in [-0.2, 0) is 21.2 Å². The Morgan fingerprint density at radius 2 is 1.77 bits per heavy atom. The van der Waals surface area contributed by atoms with Crippen molar-refractivity contribution in [2.45, 2.75) is 51.3 Å². The van der Waals surface area contributed by atoms with Crippen molar-refractivity contribution in [3.05, 3.63) is 60.2 Å². The zero-order chi connectivity index (χ0) is 21.9. The zero-order valence-corrected chi connectivity index (χ0v) is 18.8. The fourth-order valence-corrected chi connectivity index (χ4v) is 4.64. The summed E-state index contributed by atoms with van der Waals surface area (Å²) in [4.78, 5) is 14.4. The molecule has 2 atom stereocenters. The highest BCUT2D eigenvalue weighted by Gasteiger charge is 2.40. The molecule has 1 aliphatic heterocycles. The molecule has 0 saturated carbocycles. The van der Waals surface area contributed by atoms with Crippen LogP contribution in [0.4, 0.5) is 4.79 Å². The first-order valence-electron chi connectivity index (χ1n) is 10.1. The van der Waals surface area contributed by atoms with E-state index < -0.39 is 21.7 Å².